The van der Waals surface area contributed by atoms with Gasteiger partial charge in [-0.15, -0.1) is 0 Å². The zero-order valence-corrected chi connectivity index (χ0v) is 16.9. The van der Waals surface area contributed by atoms with Crippen LogP contribution in [0.2, 0.25) is 0 Å². The van der Waals surface area contributed by atoms with E-state index < -0.39 is 0 Å². The van der Waals surface area contributed by atoms with E-state index in [9.17, 15) is 9.59 Å². The van der Waals surface area contributed by atoms with Crippen molar-refractivity contribution < 1.29 is 9.59 Å². The van der Waals surface area contributed by atoms with E-state index in [2.05, 4.69) is 21.9 Å². The third-order valence-electron chi connectivity index (χ3n) is 5.04. The molecule has 2 amide bonds. The minimum atomic E-state index is -0.356. The molecule has 1 aromatic carbocycles. The molecule has 2 N–H and O–H groups in total. The van der Waals surface area contributed by atoms with Crippen LogP contribution < -0.4 is 5.73 Å². The Kier molecular flexibility index (Phi) is 6.05. The lowest BCUT2D eigenvalue weighted by Gasteiger charge is -2.34. The predicted molar refractivity (Wildman–Crippen MR) is 115 cm³/mol. The molecule has 0 aliphatic carbocycles. The fraction of sp³-hybridized carbons (Fsp3) is 0.217. The Morgan fingerprint density at radius 1 is 1.03 bits per heavy atom. The Balaban J connectivity index is 1.59. The first-order valence-electron chi connectivity index (χ1n) is 9.96. The van der Waals surface area contributed by atoms with Gasteiger partial charge >= 0.3 is 0 Å². The van der Waals surface area contributed by atoms with Crippen molar-refractivity contribution in [3.63, 3.8) is 0 Å². The number of piperazine rings is 1. The van der Waals surface area contributed by atoms with Crippen molar-refractivity contribution in [1.82, 2.24) is 24.6 Å². The normalized spacial score (nSPS) is 14.0. The second kappa shape index (κ2) is 9.24. The average molecular weight is 414 g/mol. The molecule has 0 radical (unpaired) electrons. The molecule has 1 aliphatic rings. The van der Waals surface area contributed by atoms with Gasteiger partial charge in [0.2, 0.25) is 5.91 Å². The fourth-order valence-electron chi connectivity index (χ4n) is 3.47. The summed E-state index contributed by atoms with van der Waals surface area (Å²) in [6.07, 6.45) is 6.93. The van der Waals surface area contributed by atoms with Crippen molar-refractivity contribution >= 4 is 11.8 Å². The maximum Gasteiger partial charge on any atom is 0.253 e. The lowest BCUT2D eigenvalue weighted by molar-refractivity contribution is -0.119. The van der Waals surface area contributed by atoms with Crippen molar-refractivity contribution in [3.8, 4) is 17.5 Å². The van der Waals surface area contributed by atoms with Crippen molar-refractivity contribution in [1.29, 1.82) is 0 Å². The van der Waals surface area contributed by atoms with Gasteiger partial charge in [-0.05, 0) is 36.4 Å². The molecule has 1 fully saturated rings. The first-order valence-corrected chi connectivity index (χ1v) is 9.96. The van der Waals surface area contributed by atoms with Gasteiger partial charge in [0.1, 0.15) is 0 Å². The van der Waals surface area contributed by atoms with Gasteiger partial charge in [0, 0.05) is 62.1 Å². The summed E-state index contributed by atoms with van der Waals surface area (Å²) in [7, 11) is 0. The standard InChI is InChI=1S/C23H22N6O2/c24-22(30)17-27-11-13-28(14-12-27)23(31)20-6-7-21(29-10-2-9-26-29)19(15-20)5-4-18-3-1-8-25-16-18/h1-3,6-10,15-16H,11-14,17H2,(H2,24,30). The van der Waals surface area contributed by atoms with Crippen LogP contribution in [-0.2, 0) is 4.79 Å². The van der Waals surface area contributed by atoms with Gasteiger partial charge in [-0.2, -0.15) is 5.10 Å². The summed E-state index contributed by atoms with van der Waals surface area (Å²) in [4.78, 5) is 32.0. The smallest absolute Gasteiger partial charge is 0.253 e. The number of pyridine rings is 1. The average Bonchev–Trinajstić information content (AvgIpc) is 3.32. The topological polar surface area (TPSA) is 97.4 Å². The van der Waals surface area contributed by atoms with Crippen LogP contribution in [-0.4, -0.2) is 69.1 Å². The number of amides is 2. The monoisotopic (exact) mass is 414 g/mol. The molecule has 0 saturated carbocycles. The first-order chi connectivity index (χ1) is 15.1. The van der Waals surface area contributed by atoms with E-state index >= 15 is 0 Å². The van der Waals surface area contributed by atoms with Gasteiger partial charge in [-0.3, -0.25) is 19.5 Å². The highest BCUT2D eigenvalue weighted by molar-refractivity contribution is 5.95. The molecule has 3 heterocycles. The zero-order chi connectivity index (χ0) is 21.6. The summed E-state index contributed by atoms with van der Waals surface area (Å²) in [5.41, 5.74) is 8.11. The van der Waals surface area contributed by atoms with Gasteiger partial charge in [-0.25, -0.2) is 4.68 Å². The molecule has 0 atom stereocenters. The van der Waals surface area contributed by atoms with E-state index in [1.54, 1.807) is 40.3 Å². The molecular weight excluding hydrogens is 392 g/mol. The number of rotatable bonds is 4. The number of nitrogens with two attached hydrogens (primary N) is 1. The van der Waals surface area contributed by atoms with Crippen molar-refractivity contribution in [2.75, 3.05) is 32.7 Å². The fourth-order valence-corrected chi connectivity index (χ4v) is 3.47. The Morgan fingerprint density at radius 2 is 1.87 bits per heavy atom. The number of aromatic nitrogens is 3. The SMILES string of the molecule is NC(=O)CN1CCN(C(=O)c2ccc(-n3cccn3)c(C#Cc3cccnc3)c2)CC1. The molecular formula is C23H22N6O2. The Labute approximate surface area is 180 Å². The van der Waals surface area contributed by atoms with Gasteiger partial charge in [0.15, 0.2) is 0 Å². The molecule has 0 unspecified atom stereocenters. The molecule has 1 aliphatic heterocycles. The third kappa shape index (κ3) is 4.97. The Hall–Kier alpha value is -3.96. The Morgan fingerprint density at radius 3 is 2.55 bits per heavy atom. The van der Waals surface area contributed by atoms with Crippen molar-refractivity contribution in [3.05, 3.63) is 77.9 Å². The summed E-state index contributed by atoms with van der Waals surface area (Å²) in [6.45, 7) is 2.55. The van der Waals surface area contributed by atoms with Crippen LogP contribution >= 0.6 is 0 Å². The molecule has 3 aromatic rings. The molecule has 156 valence electrons. The van der Waals surface area contributed by atoms with Crippen molar-refractivity contribution in [2.45, 2.75) is 0 Å². The number of hydrogen-bond donors (Lipinski definition) is 1. The largest absolute Gasteiger partial charge is 0.369 e. The van der Waals surface area contributed by atoms with Gasteiger partial charge in [-0.1, -0.05) is 11.8 Å². The first kappa shape index (κ1) is 20.3. The molecule has 0 bridgehead atoms. The highest BCUT2D eigenvalue weighted by atomic mass is 16.2. The van der Waals surface area contributed by atoms with Crippen LogP contribution in [0.4, 0.5) is 0 Å². The number of carbonyl (C=O) groups is 2. The van der Waals surface area contributed by atoms with E-state index in [1.807, 2.05) is 35.4 Å². The zero-order valence-electron chi connectivity index (χ0n) is 16.9. The summed E-state index contributed by atoms with van der Waals surface area (Å²) < 4.78 is 1.73. The quantitative estimate of drug-likeness (QED) is 0.640. The number of carbonyl (C=O) groups excluding carboxylic acids is 2. The van der Waals surface area contributed by atoms with Crippen LogP contribution in [0.1, 0.15) is 21.5 Å². The highest BCUT2D eigenvalue weighted by Crippen LogP contribution is 2.18. The summed E-state index contributed by atoms with van der Waals surface area (Å²) in [5, 5.41) is 4.30. The van der Waals surface area contributed by atoms with Gasteiger partial charge in [0.05, 0.1) is 17.8 Å². The minimum absolute atomic E-state index is 0.0600. The number of benzene rings is 1. The second-order valence-electron chi connectivity index (χ2n) is 7.21. The lowest BCUT2D eigenvalue weighted by Crippen LogP contribution is -2.50. The van der Waals surface area contributed by atoms with E-state index in [4.69, 9.17) is 5.73 Å². The molecule has 1 saturated heterocycles. The van der Waals surface area contributed by atoms with Gasteiger partial charge in [0.25, 0.3) is 5.91 Å². The van der Waals surface area contributed by atoms with E-state index in [1.165, 1.54) is 0 Å². The van der Waals surface area contributed by atoms with Crippen LogP contribution in [0.15, 0.2) is 61.2 Å². The predicted octanol–water partition coefficient (Wildman–Crippen LogP) is 0.910. The molecule has 8 nitrogen and oxygen atoms in total. The van der Waals surface area contributed by atoms with Crippen LogP contribution in [0.25, 0.3) is 5.69 Å². The molecule has 31 heavy (non-hydrogen) atoms. The number of nitrogens with zero attached hydrogens (tertiary/aromatic N) is 5. The van der Waals surface area contributed by atoms with Crippen LogP contribution in [0, 0.1) is 11.8 Å². The van der Waals surface area contributed by atoms with Crippen molar-refractivity contribution in [2.24, 2.45) is 5.73 Å². The van der Waals surface area contributed by atoms with E-state index in [0.717, 1.165) is 11.3 Å². The Bertz CT molecular complexity index is 1120. The summed E-state index contributed by atoms with van der Waals surface area (Å²) in [5.74, 6) is 5.85. The summed E-state index contributed by atoms with van der Waals surface area (Å²) in [6, 6.07) is 11.0. The highest BCUT2D eigenvalue weighted by Gasteiger charge is 2.23. The lowest BCUT2D eigenvalue weighted by atomic mass is 10.1. The molecule has 8 heteroatoms. The third-order valence-corrected chi connectivity index (χ3v) is 5.04. The number of hydrogen-bond acceptors (Lipinski definition) is 5. The maximum atomic E-state index is 13.1. The summed E-state index contributed by atoms with van der Waals surface area (Å²) >= 11 is 0. The maximum absolute atomic E-state index is 13.1. The molecule has 2 aromatic heterocycles. The van der Waals surface area contributed by atoms with E-state index in [0.29, 0.717) is 37.3 Å². The van der Waals surface area contributed by atoms with E-state index in [-0.39, 0.29) is 18.4 Å². The molecule has 0 spiro atoms. The molecule has 4 rings (SSSR count). The second-order valence-corrected chi connectivity index (χ2v) is 7.21. The minimum Gasteiger partial charge on any atom is -0.369 e. The van der Waals surface area contributed by atoms with Gasteiger partial charge < -0.3 is 10.6 Å². The number of primary amides is 1. The van der Waals surface area contributed by atoms with Crippen LogP contribution in [0.5, 0.6) is 0 Å². The van der Waals surface area contributed by atoms with Crippen LogP contribution in [0.3, 0.4) is 0 Å².